The number of imide groups is 1. The molecule has 0 bridgehead atoms. The molecule has 3 amide bonds. The Hall–Kier alpha value is -1.85. The van der Waals surface area contributed by atoms with E-state index in [-0.39, 0.29) is 5.91 Å². The second-order valence-corrected chi connectivity index (χ2v) is 2.67. The fourth-order valence-electron chi connectivity index (χ4n) is 1.17. The highest BCUT2D eigenvalue weighted by Gasteiger charge is 2.25. The molecule has 6 nitrogen and oxygen atoms in total. The predicted octanol–water partition coefficient (Wildman–Crippen LogP) is -0.144. The molecule has 13 heavy (non-hydrogen) atoms. The topological polar surface area (TPSA) is 78.1 Å². The average molecular weight is 180 g/mol. The van der Waals surface area contributed by atoms with Gasteiger partial charge in [0.25, 0.3) is 0 Å². The molecule has 0 spiro atoms. The number of urea groups is 1. The molecule has 1 aliphatic heterocycles. The first-order chi connectivity index (χ1) is 6.27. The van der Waals surface area contributed by atoms with Gasteiger partial charge in [0.1, 0.15) is 0 Å². The van der Waals surface area contributed by atoms with Crippen LogP contribution in [0.15, 0.2) is 12.4 Å². The van der Waals surface area contributed by atoms with Gasteiger partial charge in [-0.15, -0.1) is 0 Å². The van der Waals surface area contributed by atoms with Gasteiger partial charge in [0.2, 0.25) is 11.9 Å². The van der Waals surface area contributed by atoms with Crippen molar-refractivity contribution >= 4 is 17.9 Å². The number of anilines is 1. The number of carbonyl (C=O) groups excluding carboxylic acids is 2. The molecule has 1 fully saturated rings. The minimum Gasteiger partial charge on any atom is -0.331 e. The Kier molecular flexibility index (Phi) is 1.73. The van der Waals surface area contributed by atoms with Crippen LogP contribution in [0, 0.1) is 0 Å². The van der Waals surface area contributed by atoms with E-state index in [0.717, 1.165) is 0 Å². The Bertz CT molecular complexity index is 332. The number of H-pyrrole nitrogens is 1. The van der Waals surface area contributed by atoms with Gasteiger partial charge in [-0.05, 0) is 0 Å². The number of rotatable bonds is 1. The van der Waals surface area contributed by atoms with Crippen molar-refractivity contribution < 1.29 is 9.59 Å². The lowest BCUT2D eigenvalue weighted by molar-refractivity contribution is -0.120. The molecule has 0 radical (unpaired) electrons. The Morgan fingerprint density at radius 1 is 1.46 bits per heavy atom. The standard InChI is InChI=1S/C7H8N4O2/c12-5-1-4-11(7(13)10-5)6-8-2-3-9-6/h2-3H,1,4H2,(H,8,9)(H,10,12,13). The predicted molar refractivity (Wildman–Crippen MR) is 44.1 cm³/mol. The van der Waals surface area contributed by atoms with E-state index in [1.165, 1.54) is 4.90 Å². The van der Waals surface area contributed by atoms with E-state index in [2.05, 4.69) is 15.3 Å². The van der Waals surface area contributed by atoms with E-state index in [0.29, 0.717) is 18.9 Å². The Balaban J connectivity index is 2.17. The molecule has 1 aliphatic rings. The van der Waals surface area contributed by atoms with Gasteiger partial charge in [0.05, 0.1) is 0 Å². The number of aromatic nitrogens is 2. The quantitative estimate of drug-likeness (QED) is 0.631. The third kappa shape index (κ3) is 1.37. The van der Waals surface area contributed by atoms with Gasteiger partial charge in [-0.1, -0.05) is 0 Å². The van der Waals surface area contributed by atoms with Gasteiger partial charge < -0.3 is 4.98 Å². The molecule has 0 unspecified atom stereocenters. The molecular formula is C7H8N4O2. The van der Waals surface area contributed by atoms with Crippen LogP contribution in [0.2, 0.25) is 0 Å². The largest absolute Gasteiger partial charge is 0.331 e. The zero-order valence-electron chi connectivity index (χ0n) is 6.78. The van der Waals surface area contributed by atoms with Crippen LogP contribution in [0.4, 0.5) is 10.7 Å². The van der Waals surface area contributed by atoms with Gasteiger partial charge in [-0.3, -0.25) is 15.0 Å². The molecule has 0 aromatic carbocycles. The van der Waals surface area contributed by atoms with Crippen LogP contribution in [0.1, 0.15) is 6.42 Å². The summed E-state index contributed by atoms with van der Waals surface area (Å²) in [6.45, 7) is 0.373. The van der Waals surface area contributed by atoms with Crippen molar-refractivity contribution in [3.63, 3.8) is 0 Å². The summed E-state index contributed by atoms with van der Waals surface area (Å²) < 4.78 is 0. The van der Waals surface area contributed by atoms with Crippen molar-refractivity contribution in [1.82, 2.24) is 15.3 Å². The maximum absolute atomic E-state index is 11.2. The number of nitrogens with zero attached hydrogens (tertiary/aromatic N) is 2. The zero-order chi connectivity index (χ0) is 9.26. The Morgan fingerprint density at radius 2 is 2.31 bits per heavy atom. The van der Waals surface area contributed by atoms with Crippen LogP contribution in [-0.2, 0) is 4.79 Å². The van der Waals surface area contributed by atoms with Gasteiger partial charge in [-0.25, -0.2) is 9.78 Å². The summed E-state index contributed by atoms with van der Waals surface area (Å²) in [7, 11) is 0. The summed E-state index contributed by atoms with van der Waals surface area (Å²) in [6.07, 6.45) is 3.49. The SMILES string of the molecule is O=C1CCN(c2ncc[nH]2)C(=O)N1. The van der Waals surface area contributed by atoms with Crippen molar-refractivity contribution in [2.45, 2.75) is 6.42 Å². The Morgan fingerprint density at radius 3 is 2.92 bits per heavy atom. The van der Waals surface area contributed by atoms with E-state index < -0.39 is 6.03 Å². The normalized spacial score (nSPS) is 17.4. The number of hydrogen-bond acceptors (Lipinski definition) is 3. The first-order valence-corrected chi connectivity index (χ1v) is 3.88. The van der Waals surface area contributed by atoms with Crippen LogP contribution in [-0.4, -0.2) is 28.5 Å². The number of imidazole rings is 1. The second-order valence-electron chi connectivity index (χ2n) is 2.67. The maximum atomic E-state index is 11.2. The number of aromatic amines is 1. The number of hydrogen-bond donors (Lipinski definition) is 2. The minimum atomic E-state index is -0.425. The second kappa shape index (κ2) is 2.89. The molecule has 1 aromatic rings. The molecule has 0 saturated carbocycles. The van der Waals surface area contributed by atoms with E-state index in [1.54, 1.807) is 12.4 Å². The number of amides is 3. The van der Waals surface area contributed by atoms with E-state index in [4.69, 9.17) is 0 Å². The van der Waals surface area contributed by atoms with E-state index in [1.807, 2.05) is 0 Å². The van der Waals surface area contributed by atoms with Gasteiger partial charge >= 0.3 is 6.03 Å². The van der Waals surface area contributed by atoms with Crippen LogP contribution >= 0.6 is 0 Å². The molecule has 0 aliphatic carbocycles. The highest BCUT2D eigenvalue weighted by atomic mass is 16.2. The van der Waals surface area contributed by atoms with Crippen molar-refractivity contribution in [2.24, 2.45) is 0 Å². The number of carbonyl (C=O) groups is 2. The fourth-order valence-corrected chi connectivity index (χ4v) is 1.17. The third-order valence-corrected chi connectivity index (χ3v) is 1.79. The van der Waals surface area contributed by atoms with Crippen LogP contribution < -0.4 is 10.2 Å². The van der Waals surface area contributed by atoms with E-state index >= 15 is 0 Å². The third-order valence-electron chi connectivity index (χ3n) is 1.79. The van der Waals surface area contributed by atoms with E-state index in [9.17, 15) is 9.59 Å². The lowest BCUT2D eigenvalue weighted by Crippen LogP contribution is -2.50. The summed E-state index contributed by atoms with van der Waals surface area (Å²) in [5.74, 6) is 0.220. The van der Waals surface area contributed by atoms with Gasteiger partial charge in [-0.2, -0.15) is 0 Å². The summed E-state index contributed by atoms with van der Waals surface area (Å²) in [4.78, 5) is 30.1. The summed E-state index contributed by atoms with van der Waals surface area (Å²) in [5.41, 5.74) is 0. The summed E-state index contributed by atoms with van der Waals surface area (Å²) in [6, 6.07) is -0.425. The van der Waals surface area contributed by atoms with Crippen LogP contribution in [0.3, 0.4) is 0 Å². The monoisotopic (exact) mass is 180 g/mol. The van der Waals surface area contributed by atoms with Gasteiger partial charge in [0.15, 0.2) is 0 Å². The first-order valence-electron chi connectivity index (χ1n) is 3.88. The van der Waals surface area contributed by atoms with Crippen molar-refractivity contribution in [3.8, 4) is 0 Å². The minimum absolute atomic E-state index is 0.243. The average Bonchev–Trinajstić information content (AvgIpc) is 2.56. The maximum Gasteiger partial charge on any atom is 0.330 e. The molecule has 2 rings (SSSR count). The molecule has 1 saturated heterocycles. The van der Waals surface area contributed by atoms with Crippen molar-refractivity contribution in [2.75, 3.05) is 11.4 Å². The molecule has 68 valence electrons. The van der Waals surface area contributed by atoms with Crippen LogP contribution in [0.25, 0.3) is 0 Å². The Labute approximate surface area is 73.9 Å². The fraction of sp³-hybridized carbons (Fsp3) is 0.286. The smallest absolute Gasteiger partial charge is 0.330 e. The lowest BCUT2D eigenvalue weighted by atomic mass is 10.3. The zero-order valence-corrected chi connectivity index (χ0v) is 6.78. The molecule has 6 heteroatoms. The number of nitrogens with one attached hydrogen (secondary N) is 2. The molecular weight excluding hydrogens is 172 g/mol. The highest BCUT2D eigenvalue weighted by Crippen LogP contribution is 2.09. The molecule has 1 aromatic heterocycles. The molecule has 0 atom stereocenters. The molecule has 2 heterocycles. The molecule has 2 N–H and O–H groups in total. The van der Waals surface area contributed by atoms with Crippen molar-refractivity contribution in [1.29, 1.82) is 0 Å². The van der Waals surface area contributed by atoms with Crippen molar-refractivity contribution in [3.05, 3.63) is 12.4 Å². The summed E-state index contributed by atoms with van der Waals surface area (Å²) >= 11 is 0. The highest BCUT2D eigenvalue weighted by molar-refractivity contribution is 6.04. The lowest BCUT2D eigenvalue weighted by Gasteiger charge is -2.23. The van der Waals surface area contributed by atoms with Gasteiger partial charge in [0, 0.05) is 25.4 Å². The van der Waals surface area contributed by atoms with Crippen LogP contribution in [0.5, 0.6) is 0 Å². The summed E-state index contributed by atoms with van der Waals surface area (Å²) in [5, 5.41) is 2.21. The first kappa shape index (κ1) is 7.78.